The van der Waals surface area contributed by atoms with Crippen molar-refractivity contribution in [2.24, 2.45) is 5.10 Å². The van der Waals surface area contributed by atoms with E-state index in [0.29, 0.717) is 26.8 Å². The summed E-state index contributed by atoms with van der Waals surface area (Å²) in [5.41, 5.74) is 1.13. The lowest BCUT2D eigenvalue weighted by Gasteiger charge is -2.13. The number of carbonyl (C=O) groups excluding carboxylic acids is 1. The van der Waals surface area contributed by atoms with Gasteiger partial charge in [-0.1, -0.05) is 38.6 Å². The summed E-state index contributed by atoms with van der Waals surface area (Å²) in [7, 11) is 1.58. The number of hydrazone groups is 1. The third-order valence-electron chi connectivity index (χ3n) is 4.14. The molecule has 2 heterocycles. The van der Waals surface area contributed by atoms with E-state index in [1.54, 1.807) is 43.5 Å². The summed E-state index contributed by atoms with van der Waals surface area (Å²) in [5, 5.41) is 16.8. The molecular weight excluding hydrogens is 504 g/mol. The maximum Gasteiger partial charge on any atom is 0.324 e. The molecule has 2 aromatic carbocycles. The highest BCUT2D eigenvalue weighted by atomic mass is 79.9. The lowest BCUT2D eigenvalue weighted by molar-refractivity contribution is -0.380. The van der Waals surface area contributed by atoms with Gasteiger partial charge >= 0.3 is 5.00 Å². The van der Waals surface area contributed by atoms with Gasteiger partial charge in [-0.05, 0) is 48.5 Å². The Labute approximate surface area is 192 Å². The molecule has 0 saturated heterocycles. The van der Waals surface area contributed by atoms with Crippen LogP contribution in [-0.4, -0.2) is 29.1 Å². The summed E-state index contributed by atoms with van der Waals surface area (Å²) in [6.07, 6.45) is 1.42. The van der Waals surface area contributed by atoms with Crippen LogP contribution in [0.1, 0.15) is 15.2 Å². The van der Waals surface area contributed by atoms with Crippen LogP contribution in [0.15, 0.2) is 64.2 Å². The molecule has 0 saturated carbocycles. The number of ether oxygens (including phenoxy) is 1. The van der Waals surface area contributed by atoms with Crippen molar-refractivity contribution in [3.63, 3.8) is 0 Å². The molecule has 4 aromatic rings. The van der Waals surface area contributed by atoms with Gasteiger partial charge in [-0.25, -0.2) is 4.98 Å². The molecule has 4 rings (SSSR count). The van der Waals surface area contributed by atoms with E-state index in [-0.39, 0.29) is 10.9 Å². The van der Waals surface area contributed by atoms with Crippen LogP contribution in [0.3, 0.4) is 0 Å². The molecule has 0 N–H and O–H groups in total. The Bertz CT molecular complexity index is 1300. The van der Waals surface area contributed by atoms with Crippen molar-refractivity contribution in [2.75, 3.05) is 12.1 Å². The van der Waals surface area contributed by atoms with E-state index in [2.05, 4.69) is 26.0 Å². The lowest BCUT2D eigenvalue weighted by atomic mass is 10.2. The first-order chi connectivity index (χ1) is 14.9. The second-order valence-electron chi connectivity index (χ2n) is 6.13. The monoisotopic (exact) mass is 516 g/mol. The fraction of sp³-hybridized carbons (Fsp3) is 0.0500. The number of nitro groups is 1. The Kier molecular flexibility index (Phi) is 6.07. The highest BCUT2D eigenvalue weighted by molar-refractivity contribution is 9.10. The third kappa shape index (κ3) is 4.63. The number of thiophene rings is 1. The highest BCUT2D eigenvalue weighted by Crippen LogP contribution is 2.32. The maximum atomic E-state index is 13.2. The molecule has 0 fully saturated rings. The van der Waals surface area contributed by atoms with Gasteiger partial charge in [0.2, 0.25) is 5.13 Å². The summed E-state index contributed by atoms with van der Waals surface area (Å²) in [4.78, 5) is 28.8. The van der Waals surface area contributed by atoms with Crippen molar-refractivity contribution in [1.29, 1.82) is 0 Å². The van der Waals surface area contributed by atoms with Crippen LogP contribution in [0, 0.1) is 10.1 Å². The number of carbonyl (C=O) groups is 1. The van der Waals surface area contributed by atoms with E-state index >= 15 is 0 Å². The Balaban J connectivity index is 1.74. The number of hydrogen-bond donors (Lipinski definition) is 0. The van der Waals surface area contributed by atoms with Gasteiger partial charge in [0.25, 0.3) is 5.91 Å². The first-order valence-electron chi connectivity index (χ1n) is 8.77. The average molecular weight is 517 g/mol. The largest absolute Gasteiger partial charge is 0.497 e. The van der Waals surface area contributed by atoms with Crippen LogP contribution in [0.4, 0.5) is 10.1 Å². The molecule has 2 aromatic heterocycles. The summed E-state index contributed by atoms with van der Waals surface area (Å²) in [5.74, 6) is 0.309. The molecule has 0 atom stereocenters. The summed E-state index contributed by atoms with van der Waals surface area (Å²) >= 11 is 5.62. The lowest BCUT2D eigenvalue weighted by Crippen LogP contribution is -2.25. The van der Waals surface area contributed by atoms with Gasteiger partial charge in [-0.3, -0.25) is 14.9 Å². The normalized spacial score (nSPS) is 11.2. The highest BCUT2D eigenvalue weighted by Gasteiger charge is 2.21. The number of benzene rings is 2. The number of thiazole rings is 1. The van der Waals surface area contributed by atoms with Crippen molar-refractivity contribution in [3.05, 3.63) is 79.6 Å². The molecule has 1 amide bonds. The van der Waals surface area contributed by atoms with E-state index in [4.69, 9.17) is 4.74 Å². The number of amides is 1. The Morgan fingerprint density at radius 1 is 1.19 bits per heavy atom. The van der Waals surface area contributed by atoms with Gasteiger partial charge in [0, 0.05) is 16.1 Å². The topological polar surface area (TPSA) is 97.9 Å². The minimum absolute atomic E-state index is 0.000631. The van der Waals surface area contributed by atoms with Crippen molar-refractivity contribution < 1.29 is 14.5 Å². The number of hydrogen-bond acceptors (Lipinski definition) is 8. The molecule has 0 aliphatic rings. The molecule has 0 unspecified atom stereocenters. The molecule has 0 radical (unpaired) electrons. The summed E-state index contributed by atoms with van der Waals surface area (Å²) in [6, 6.07) is 15.3. The van der Waals surface area contributed by atoms with Crippen molar-refractivity contribution in [3.8, 4) is 5.75 Å². The standard InChI is InChI=1S/C20H13BrN4O4S2/c1-29-14-6-8-16-17(10-14)31-20(23-16)24(19(26)12-2-4-13(21)5-3-12)22-11-15-7-9-18(30-15)25(27)28/h2-11H,1H3/b22-11+. The Hall–Kier alpha value is -3.15. The van der Waals surface area contributed by atoms with E-state index in [9.17, 15) is 14.9 Å². The molecule has 31 heavy (non-hydrogen) atoms. The minimum Gasteiger partial charge on any atom is -0.497 e. The van der Waals surface area contributed by atoms with E-state index < -0.39 is 4.92 Å². The fourth-order valence-electron chi connectivity index (χ4n) is 2.64. The van der Waals surface area contributed by atoms with Crippen LogP contribution in [0.25, 0.3) is 10.2 Å². The van der Waals surface area contributed by atoms with Gasteiger partial charge in [-0.15, -0.1) is 0 Å². The number of aromatic nitrogens is 1. The molecule has 0 spiro atoms. The number of fused-ring (bicyclic) bond motifs is 1. The van der Waals surface area contributed by atoms with Crippen molar-refractivity contribution in [2.45, 2.75) is 0 Å². The molecule has 156 valence electrons. The van der Waals surface area contributed by atoms with Crippen LogP contribution < -0.4 is 9.75 Å². The predicted octanol–water partition coefficient (Wildman–Crippen LogP) is 5.72. The number of methoxy groups -OCH3 is 1. The second kappa shape index (κ2) is 8.92. The molecule has 0 bridgehead atoms. The summed E-state index contributed by atoms with van der Waals surface area (Å²) < 4.78 is 6.94. The van der Waals surface area contributed by atoms with Gasteiger partial charge in [-0.2, -0.15) is 10.1 Å². The average Bonchev–Trinajstić information content (AvgIpc) is 3.41. The zero-order valence-electron chi connectivity index (χ0n) is 15.9. The fourth-order valence-corrected chi connectivity index (χ4v) is 4.54. The van der Waals surface area contributed by atoms with Crippen molar-refractivity contribution in [1.82, 2.24) is 4.98 Å². The molecule has 0 aliphatic heterocycles. The maximum absolute atomic E-state index is 13.2. The molecule has 0 aliphatic carbocycles. The van der Waals surface area contributed by atoms with Gasteiger partial charge in [0.1, 0.15) is 5.75 Å². The van der Waals surface area contributed by atoms with Crippen LogP contribution in [0.5, 0.6) is 5.75 Å². The molecule has 8 nitrogen and oxygen atoms in total. The Morgan fingerprint density at radius 3 is 2.65 bits per heavy atom. The zero-order chi connectivity index (χ0) is 22.0. The second-order valence-corrected chi connectivity index (χ2v) is 9.15. The van der Waals surface area contributed by atoms with Gasteiger partial charge in [0.15, 0.2) is 0 Å². The zero-order valence-corrected chi connectivity index (χ0v) is 19.1. The molecular formula is C20H13BrN4O4S2. The van der Waals surface area contributed by atoms with Gasteiger partial charge < -0.3 is 4.74 Å². The third-order valence-corrected chi connectivity index (χ3v) is 6.64. The SMILES string of the molecule is COc1ccc2nc(N(/N=C/c3ccc([N+](=O)[O-])s3)C(=O)c3ccc(Br)cc3)sc2c1. The molecule has 11 heteroatoms. The van der Waals surface area contributed by atoms with E-state index in [1.807, 2.05) is 12.1 Å². The number of rotatable bonds is 6. The first kappa shape index (κ1) is 21.1. The van der Waals surface area contributed by atoms with E-state index in [0.717, 1.165) is 20.5 Å². The first-order valence-corrected chi connectivity index (χ1v) is 11.2. The van der Waals surface area contributed by atoms with Crippen molar-refractivity contribution >= 4 is 71.1 Å². The van der Waals surface area contributed by atoms with Gasteiger partial charge in [0.05, 0.1) is 33.3 Å². The van der Waals surface area contributed by atoms with E-state index in [1.165, 1.54) is 28.6 Å². The number of nitrogens with zero attached hydrogens (tertiary/aromatic N) is 4. The van der Waals surface area contributed by atoms with Crippen LogP contribution >= 0.6 is 38.6 Å². The Morgan fingerprint density at radius 2 is 1.97 bits per heavy atom. The minimum atomic E-state index is -0.465. The van der Waals surface area contributed by atoms with Crippen LogP contribution in [-0.2, 0) is 0 Å². The number of halogens is 1. The van der Waals surface area contributed by atoms with Crippen LogP contribution in [0.2, 0.25) is 0 Å². The predicted molar refractivity (Wildman–Crippen MR) is 126 cm³/mol. The quantitative estimate of drug-likeness (QED) is 0.185. The summed E-state index contributed by atoms with van der Waals surface area (Å²) in [6.45, 7) is 0. The smallest absolute Gasteiger partial charge is 0.324 e. The number of anilines is 1.